The standard InChI is InChI=1S/C24H24FN3O2/c1-16-11-12-20(25)19-9-6-14-28(23(16)19)24(29)27-22(21-10-3-4-13-26-21)17-7-5-8-18(15-17)30-2/h3-5,7-8,10-13,15,22H,6,9,14H2,1-2H3,(H,27,29). The van der Waals surface area contributed by atoms with Gasteiger partial charge in [-0.25, -0.2) is 9.18 Å². The van der Waals surface area contributed by atoms with E-state index in [1.165, 1.54) is 6.07 Å². The van der Waals surface area contributed by atoms with Crippen molar-refractivity contribution in [2.24, 2.45) is 0 Å². The van der Waals surface area contributed by atoms with E-state index in [0.717, 1.165) is 11.1 Å². The Bertz CT molecular complexity index is 1060. The number of urea groups is 1. The molecule has 1 aliphatic rings. The van der Waals surface area contributed by atoms with Gasteiger partial charge in [0, 0.05) is 18.3 Å². The third kappa shape index (κ3) is 3.85. The molecule has 0 spiro atoms. The maximum atomic E-state index is 14.4. The van der Waals surface area contributed by atoms with Crippen molar-refractivity contribution >= 4 is 11.7 Å². The molecule has 0 radical (unpaired) electrons. The molecule has 30 heavy (non-hydrogen) atoms. The number of aromatic nitrogens is 1. The first-order valence-corrected chi connectivity index (χ1v) is 9.99. The second-order valence-corrected chi connectivity index (χ2v) is 7.36. The third-order valence-electron chi connectivity index (χ3n) is 5.43. The van der Waals surface area contributed by atoms with Crippen molar-refractivity contribution in [2.45, 2.75) is 25.8 Å². The number of nitrogens with one attached hydrogen (secondary N) is 1. The molecule has 0 fully saturated rings. The van der Waals surface area contributed by atoms with E-state index in [-0.39, 0.29) is 11.8 Å². The second-order valence-electron chi connectivity index (χ2n) is 7.36. The summed E-state index contributed by atoms with van der Waals surface area (Å²) in [6.07, 6.45) is 3.05. The molecule has 1 aliphatic heterocycles. The van der Waals surface area contributed by atoms with Gasteiger partial charge in [-0.2, -0.15) is 0 Å². The van der Waals surface area contributed by atoms with Crippen molar-refractivity contribution in [3.05, 3.63) is 89.0 Å². The van der Waals surface area contributed by atoms with Gasteiger partial charge in [0.05, 0.1) is 24.5 Å². The first-order chi connectivity index (χ1) is 14.6. The molecule has 3 aromatic rings. The molecule has 5 nitrogen and oxygen atoms in total. The molecule has 1 N–H and O–H groups in total. The average Bonchev–Trinajstić information content (AvgIpc) is 2.80. The monoisotopic (exact) mass is 405 g/mol. The number of rotatable bonds is 4. The summed E-state index contributed by atoms with van der Waals surface area (Å²) in [6, 6.07) is 15.6. The highest BCUT2D eigenvalue weighted by atomic mass is 19.1. The van der Waals surface area contributed by atoms with Crippen molar-refractivity contribution < 1.29 is 13.9 Å². The lowest BCUT2D eigenvalue weighted by molar-refractivity contribution is 0.243. The summed E-state index contributed by atoms with van der Waals surface area (Å²) >= 11 is 0. The quantitative estimate of drug-likeness (QED) is 0.679. The molecule has 6 heteroatoms. The minimum atomic E-state index is -0.465. The van der Waals surface area contributed by atoms with E-state index in [1.54, 1.807) is 24.3 Å². The maximum absolute atomic E-state index is 14.4. The summed E-state index contributed by atoms with van der Waals surface area (Å²) in [5.41, 5.74) is 3.73. The molecule has 2 heterocycles. The molecule has 4 rings (SSSR count). The summed E-state index contributed by atoms with van der Waals surface area (Å²) in [5, 5.41) is 3.10. The normalized spacial score (nSPS) is 14.0. The Kier molecular flexibility index (Phi) is 5.65. The van der Waals surface area contributed by atoms with Crippen LogP contribution in [0.5, 0.6) is 5.75 Å². The number of benzene rings is 2. The fourth-order valence-corrected chi connectivity index (χ4v) is 3.97. The lowest BCUT2D eigenvalue weighted by atomic mass is 9.97. The number of amides is 2. The number of hydrogen-bond acceptors (Lipinski definition) is 3. The van der Waals surface area contributed by atoms with E-state index in [1.807, 2.05) is 49.4 Å². The zero-order valence-corrected chi connectivity index (χ0v) is 17.1. The van der Waals surface area contributed by atoms with Crippen molar-refractivity contribution in [2.75, 3.05) is 18.6 Å². The van der Waals surface area contributed by atoms with E-state index in [9.17, 15) is 9.18 Å². The number of hydrogen-bond donors (Lipinski definition) is 1. The van der Waals surface area contributed by atoms with Crippen LogP contribution in [0.1, 0.15) is 34.8 Å². The van der Waals surface area contributed by atoms with Gasteiger partial charge in [0.2, 0.25) is 0 Å². The molecule has 154 valence electrons. The number of aryl methyl sites for hydroxylation is 1. The van der Waals surface area contributed by atoms with Crippen LogP contribution in [0, 0.1) is 12.7 Å². The van der Waals surface area contributed by atoms with Gasteiger partial charge in [-0.15, -0.1) is 0 Å². The summed E-state index contributed by atoms with van der Waals surface area (Å²) in [7, 11) is 1.61. The average molecular weight is 405 g/mol. The van der Waals surface area contributed by atoms with Crippen LogP contribution in [0.4, 0.5) is 14.9 Å². The Labute approximate surface area is 175 Å². The lowest BCUT2D eigenvalue weighted by Gasteiger charge is -2.33. The van der Waals surface area contributed by atoms with Crippen LogP contribution in [0.25, 0.3) is 0 Å². The molecule has 1 atom stereocenters. The van der Waals surface area contributed by atoms with Crippen LogP contribution in [0.3, 0.4) is 0 Å². The SMILES string of the molecule is COc1cccc(C(NC(=O)N2CCCc3c(F)ccc(C)c32)c2ccccn2)c1. The number of ether oxygens (including phenoxy) is 1. The highest BCUT2D eigenvalue weighted by Gasteiger charge is 2.29. The summed E-state index contributed by atoms with van der Waals surface area (Å²) < 4.78 is 19.7. The van der Waals surface area contributed by atoms with Crippen LogP contribution < -0.4 is 15.0 Å². The number of nitrogens with zero attached hydrogens (tertiary/aromatic N) is 2. The molecule has 0 saturated heterocycles. The fourth-order valence-electron chi connectivity index (χ4n) is 3.97. The highest BCUT2D eigenvalue weighted by molar-refractivity contribution is 5.94. The topological polar surface area (TPSA) is 54.5 Å². The largest absolute Gasteiger partial charge is 0.497 e. The summed E-state index contributed by atoms with van der Waals surface area (Å²) in [4.78, 5) is 19.5. The first kappa shape index (κ1) is 19.9. The maximum Gasteiger partial charge on any atom is 0.322 e. The number of pyridine rings is 1. The highest BCUT2D eigenvalue weighted by Crippen LogP contribution is 2.33. The third-order valence-corrected chi connectivity index (χ3v) is 5.43. The molecule has 0 bridgehead atoms. The van der Waals surface area contributed by atoms with Crippen LogP contribution >= 0.6 is 0 Å². The summed E-state index contributed by atoms with van der Waals surface area (Å²) in [6.45, 7) is 2.44. The van der Waals surface area contributed by atoms with Crippen molar-refractivity contribution in [3.63, 3.8) is 0 Å². The minimum Gasteiger partial charge on any atom is -0.497 e. The van der Waals surface area contributed by atoms with Crippen LogP contribution in [-0.2, 0) is 6.42 Å². The Morgan fingerprint density at radius 1 is 1.20 bits per heavy atom. The molecule has 2 amide bonds. The van der Waals surface area contributed by atoms with Crippen molar-refractivity contribution in [1.29, 1.82) is 0 Å². The van der Waals surface area contributed by atoms with Gasteiger partial charge in [-0.05, 0) is 61.2 Å². The van der Waals surface area contributed by atoms with Crippen LogP contribution in [0.2, 0.25) is 0 Å². The Hall–Kier alpha value is -3.41. The molecular weight excluding hydrogens is 381 g/mol. The van der Waals surface area contributed by atoms with Crippen molar-refractivity contribution in [1.82, 2.24) is 10.3 Å². The molecule has 1 aromatic heterocycles. The summed E-state index contributed by atoms with van der Waals surface area (Å²) in [5.74, 6) is 0.436. The van der Waals surface area contributed by atoms with E-state index in [0.29, 0.717) is 42.1 Å². The van der Waals surface area contributed by atoms with E-state index in [2.05, 4.69) is 10.3 Å². The zero-order chi connectivity index (χ0) is 21.1. The molecular formula is C24H24FN3O2. The van der Waals surface area contributed by atoms with Gasteiger partial charge in [0.1, 0.15) is 11.6 Å². The molecule has 2 aromatic carbocycles. The Morgan fingerprint density at radius 3 is 2.83 bits per heavy atom. The fraction of sp³-hybridized carbons (Fsp3) is 0.250. The van der Waals surface area contributed by atoms with Gasteiger partial charge in [-0.1, -0.05) is 24.3 Å². The van der Waals surface area contributed by atoms with E-state index < -0.39 is 6.04 Å². The van der Waals surface area contributed by atoms with Gasteiger partial charge in [-0.3, -0.25) is 9.88 Å². The predicted octanol–water partition coefficient (Wildman–Crippen LogP) is 4.79. The van der Waals surface area contributed by atoms with E-state index >= 15 is 0 Å². The Balaban J connectivity index is 1.70. The first-order valence-electron chi connectivity index (χ1n) is 9.99. The second kappa shape index (κ2) is 8.53. The lowest BCUT2D eigenvalue weighted by Crippen LogP contribution is -2.45. The molecule has 1 unspecified atom stereocenters. The van der Waals surface area contributed by atoms with Crippen LogP contribution in [-0.4, -0.2) is 24.7 Å². The number of fused-ring (bicyclic) bond motifs is 1. The van der Waals surface area contributed by atoms with E-state index in [4.69, 9.17) is 4.74 Å². The van der Waals surface area contributed by atoms with Gasteiger partial charge in [0.25, 0.3) is 0 Å². The van der Waals surface area contributed by atoms with Crippen LogP contribution in [0.15, 0.2) is 60.8 Å². The number of halogens is 1. The smallest absolute Gasteiger partial charge is 0.322 e. The number of methoxy groups -OCH3 is 1. The van der Waals surface area contributed by atoms with Gasteiger partial charge in [0.15, 0.2) is 0 Å². The van der Waals surface area contributed by atoms with Gasteiger partial charge < -0.3 is 10.1 Å². The zero-order valence-electron chi connectivity index (χ0n) is 17.1. The Morgan fingerprint density at radius 2 is 2.07 bits per heavy atom. The molecule has 0 aliphatic carbocycles. The number of carbonyl (C=O) groups is 1. The number of carbonyl (C=O) groups excluding carboxylic acids is 1. The predicted molar refractivity (Wildman–Crippen MR) is 114 cm³/mol. The van der Waals surface area contributed by atoms with Crippen molar-refractivity contribution in [3.8, 4) is 5.75 Å². The molecule has 0 saturated carbocycles. The number of anilines is 1. The van der Waals surface area contributed by atoms with Gasteiger partial charge >= 0.3 is 6.03 Å². The minimum absolute atomic E-state index is 0.262.